The van der Waals surface area contributed by atoms with Crippen LogP contribution in [0.5, 0.6) is 0 Å². The maximum Gasteiger partial charge on any atom is 0.358 e. The molecule has 0 spiro atoms. The first-order chi connectivity index (χ1) is 11.5. The first-order valence-electron chi connectivity index (χ1n) is 7.17. The van der Waals surface area contributed by atoms with E-state index >= 15 is 0 Å². The second kappa shape index (κ2) is 7.11. The molecule has 0 atom stereocenters. The summed E-state index contributed by atoms with van der Waals surface area (Å²) in [7, 11) is 0. The Labute approximate surface area is 147 Å². The van der Waals surface area contributed by atoms with Gasteiger partial charge in [-0.05, 0) is 19.1 Å². The largest absolute Gasteiger partial charge is 0.456 e. The minimum absolute atomic E-state index is 0.154. The fraction of sp³-hybridized carbons (Fsp3) is 0.111. The van der Waals surface area contributed by atoms with E-state index in [9.17, 15) is 9.18 Å². The summed E-state index contributed by atoms with van der Waals surface area (Å²) in [5.41, 5.74) is 2.43. The lowest BCUT2D eigenvalue weighted by molar-refractivity contribution is 0.0463. The van der Waals surface area contributed by atoms with Crippen LogP contribution in [0.25, 0.3) is 10.6 Å². The van der Waals surface area contributed by atoms with E-state index in [0.717, 1.165) is 16.1 Å². The highest BCUT2D eigenvalue weighted by molar-refractivity contribution is 7.13. The number of esters is 1. The van der Waals surface area contributed by atoms with Gasteiger partial charge in [-0.25, -0.2) is 14.2 Å². The maximum absolute atomic E-state index is 13.7. The summed E-state index contributed by atoms with van der Waals surface area (Å²) in [6, 6.07) is 12.2. The van der Waals surface area contributed by atoms with Gasteiger partial charge in [-0.1, -0.05) is 47.5 Å². The molecule has 0 N–H and O–H groups in total. The number of rotatable bonds is 4. The molecule has 0 saturated heterocycles. The summed E-state index contributed by atoms with van der Waals surface area (Å²) in [5, 5.41) is 2.58. The number of hydrogen-bond acceptors (Lipinski definition) is 4. The highest BCUT2D eigenvalue weighted by atomic mass is 35.5. The number of thiazole rings is 1. The van der Waals surface area contributed by atoms with E-state index in [1.165, 1.54) is 23.5 Å². The third-order valence-corrected chi connectivity index (χ3v) is 4.67. The fourth-order valence-electron chi connectivity index (χ4n) is 2.08. The van der Waals surface area contributed by atoms with Gasteiger partial charge in [-0.15, -0.1) is 11.3 Å². The van der Waals surface area contributed by atoms with E-state index in [0.29, 0.717) is 0 Å². The summed E-state index contributed by atoms with van der Waals surface area (Å²) >= 11 is 7.26. The van der Waals surface area contributed by atoms with Gasteiger partial charge >= 0.3 is 5.97 Å². The molecule has 0 saturated carbocycles. The van der Waals surface area contributed by atoms with Crippen LogP contribution in [0.4, 0.5) is 4.39 Å². The van der Waals surface area contributed by atoms with Crippen LogP contribution in [0, 0.1) is 12.7 Å². The number of aromatic nitrogens is 1. The van der Waals surface area contributed by atoms with Gasteiger partial charge < -0.3 is 4.74 Å². The Kier molecular flexibility index (Phi) is 4.92. The monoisotopic (exact) mass is 361 g/mol. The number of halogens is 2. The third-order valence-electron chi connectivity index (χ3n) is 3.42. The first kappa shape index (κ1) is 16.6. The lowest BCUT2D eigenvalue weighted by Gasteiger charge is -2.06. The molecule has 1 aromatic heterocycles. The molecule has 24 heavy (non-hydrogen) atoms. The molecule has 122 valence electrons. The van der Waals surface area contributed by atoms with Gasteiger partial charge in [-0.2, -0.15) is 0 Å². The molecule has 0 aliphatic carbocycles. The van der Waals surface area contributed by atoms with Crippen LogP contribution in [-0.4, -0.2) is 11.0 Å². The number of nitrogens with zero attached hydrogens (tertiary/aromatic N) is 1. The average Bonchev–Trinajstić information content (AvgIpc) is 3.05. The van der Waals surface area contributed by atoms with Crippen LogP contribution in [0.3, 0.4) is 0 Å². The van der Waals surface area contributed by atoms with Crippen molar-refractivity contribution in [2.75, 3.05) is 0 Å². The second-order valence-corrected chi connectivity index (χ2v) is 6.45. The van der Waals surface area contributed by atoms with E-state index in [-0.39, 0.29) is 22.9 Å². The van der Waals surface area contributed by atoms with Crippen molar-refractivity contribution in [1.29, 1.82) is 0 Å². The summed E-state index contributed by atoms with van der Waals surface area (Å²) in [6.45, 7) is 1.77. The van der Waals surface area contributed by atoms with Crippen LogP contribution in [-0.2, 0) is 11.3 Å². The normalized spacial score (nSPS) is 10.6. The Morgan fingerprint density at radius 1 is 1.25 bits per heavy atom. The maximum atomic E-state index is 13.7. The van der Waals surface area contributed by atoms with Crippen LogP contribution in [0.15, 0.2) is 47.8 Å². The Hall–Kier alpha value is -2.24. The molecular formula is C18H13ClFNO2S. The minimum Gasteiger partial charge on any atom is -0.456 e. The van der Waals surface area contributed by atoms with E-state index in [1.807, 2.05) is 31.2 Å². The SMILES string of the molecule is Cc1ccc(-c2nc(C(=O)OCc3c(F)cccc3Cl)cs2)cc1. The molecule has 2 aromatic carbocycles. The second-order valence-electron chi connectivity index (χ2n) is 5.18. The smallest absolute Gasteiger partial charge is 0.358 e. The predicted molar refractivity (Wildman–Crippen MR) is 92.8 cm³/mol. The molecule has 1 heterocycles. The lowest BCUT2D eigenvalue weighted by atomic mass is 10.2. The topological polar surface area (TPSA) is 39.2 Å². The first-order valence-corrected chi connectivity index (χ1v) is 8.43. The zero-order valence-corrected chi connectivity index (χ0v) is 14.3. The summed E-state index contributed by atoms with van der Waals surface area (Å²) in [6.07, 6.45) is 0. The number of benzene rings is 2. The molecular weight excluding hydrogens is 349 g/mol. The lowest BCUT2D eigenvalue weighted by Crippen LogP contribution is -2.07. The van der Waals surface area contributed by atoms with Crippen LogP contribution in [0.1, 0.15) is 21.6 Å². The summed E-state index contributed by atoms with van der Waals surface area (Å²) < 4.78 is 18.8. The van der Waals surface area contributed by atoms with Gasteiger partial charge in [0.2, 0.25) is 0 Å². The average molecular weight is 362 g/mol. The predicted octanol–water partition coefficient (Wildman–Crippen LogP) is 5.27. The molecule has 0 aliphatic heterocycles. The Morgan fingerprint density at radius 2 is 2.00 bits per heavy atom. The van der Waals surface area contributed by atoms with Gasteiger partial charge in [0.25, 0.3) is 0 Å². The number of carbonyl (C=O) groups is 1. The molecule has 0 amide bonds. The van der Waals surface area contributed by atoms with Crippen molar-refractivity contribution >= 4 is 28.9 Å². The highest BCUT2D eigenvalue weighted by Gasteiger charge is 2.15. The van der Waals surface area contributed by atoms with Crippen molar-refractivity contribution < 1.29 is 13.9 Å². The molecule has 3 rings (SSSR count). The number of ether oxygens (including phenoxy) is 1. The number of carbonyl (C=O) groups excluding carboxylic acids is 1. The molecule has 0 unspecified atom stereocenters. The quantitative estimate of drug-likeness (QED) is 0.594. The molecule has 6 heteroatoms. The molecule has 0 aliphatic rings. The van der Waals surface area contributed by atoms with Gasteiger partial charge in [0.1, 0.15) is 17.4 Å². The zero-order chi connectivity index (χ0) is 17.1. The van der Waals surface area contributed by atoms with Crippen LogP contribution in [0.2, 0.25) is 5.02 Å². The van der Waals surface area contributed by atoms with Gasteiger partial charge in [-0.3, -0.25) is 0 Å². The van der Waals surface area contributed by atoms with E-state index in [1.54, 1.807) is 11.4 Å². The molecule has 3 nitrogen and oxygen atoms in total. The Balaban J connectivity index is 1.71. The van der Waals surface area contributed by atoms with E-state index in [4.69, 9.17) is 16.3 Å². The van der Waals surface area contributed by atoms with Gasteiger partial charge in [0, 0.05) is 16.5 Å². The highest BCUT2D eigenvalue weighted by Crippen LogP contribution is 2.25. The van der Waals surface area contributed by atoms with Crippen LogP contribution >= 0.6 is 22.9 Å². The van der Waals surface area contributed by atoms with E-state index in [2.05, 4.69) is 4.98 Å². The third kappa shape index (κ3) is 3.63. The molecule has 0 fully saturated rings. The van der Waals surface area contributed by atoms with Crippen molar-refractivity contribution in [2.45, 2.75) is 13.5 Å². The van der Waals surface area contributed by atoms with Crippen molar-refractivity contribution in [3.05, 3.63) is 75.5 Å². The van der Waals surface area contributed by atoms with Crippen LogP contribution < -0.4 is 0 Å². The number of hydrogen-bond donors (Lipinski definition) is 0. The Morgan fingerprint density at radius 3 is 2.71 bits per heavy atom. The molecule has 0 radical (unpaired) electrons. The van der Waals surface area contributed by atoms with Crippen molar-refractivity contribution in [3.63, 3.8) is 0 Å². The van der Waals surface area contributed by atoms with Crippen molar-refractivity contribution in [2.24, 2.45) is 0 Å². The molecule has 0 bridgehead atoms. The minimum atomic E-state index is -0.607. The summed E-state index contributed by atoms with van der Waals surface area (Å²) in [4.78, 5) is 16.4. The number of aryl methyl sites for hydroxylation is 1. The van der Waals surface area contributed by atoms with Crippen molar-refractivity contribution in [1.82, 2.24) is 4.98 Å². The van der Waals surface area contributed by atoms with Gasteiger partial charge in [0.05, 0.1) is 5.02 Å². The standard InChI is InChI=1S/C18H13ClFNO2S/c1-11-5-7-12(8-6-11)17-21-16(10-24-17)18(22)23-9-13-14(19)3-2-4-15(13)20/h2-8,10H,9H2,1H3. The van der Waals surface area contributed by atoms with Crippen molar-refractivity contribution in [3.8, 4) is 10.6 Å². The summed E-state index contributed by atoms with van der Waals surface area (Å²) in [5.74, 6) is -1.11. The molecule has 3 aromatic rings. The fourth-order valence-corrected chi connectivity index (χ4v) is 3.09. The zero-order valence-electron chi connectivity index (χ0n) is 12.8. The van der Waals surface area contributed by atoms with E-state index < -0.39 is 11.8 Å². The Bertz CT molecular complexity index is 857. The van der Waals surface area contributed by atoms with Gasteiger partial charge in [0.15, 0.2) is 5.69 Å².